The van der Waals surface area contributed by atoms with Crippen molar-refractivity contribution in [3.05, 3.63) is 65.7 Å². The van der Waals surface area contributed by atoms with E-state index in [1.54, 1.807) is 30.3 Å². The number of hydrogen-bond donors (Lipinski definition) is 4. The van der Waals surface area contributed by atoms with E-state index in [0.717, 1.165) is 23.8 Å². The molecule has 3 rings (SSSR count). The van der Waals surface area contributed by atoms with Crippen LogP contribution in [0.15, 0.2) is 54.6 Å². The molecule has 150 valence electrons. The quantitative estimate of drug-likeness (QED) is 0.429. The zero-order chi connectivity index (χ0) is 21.0. The van der Waals surface area contributed by atoms with Gasteiger partial charge in [0, 0.05) is 11.8 Å². The summed E-state index contributed by atoms with van der Waals surface area (Å²) in [6.45, 7) is 2.04. The van der Waals surface area contributed by atoms with Crippen LogP contribution in [0.1, 0.15) is 48.0 Å². The third kappa shape index (κ3) is 4.48. The molecule has 1 amide bonds. The molecular formula is C23H23NO5. The Labute approximate surface area is 168 Å². The average Bonchev–Trinajstić information content (AvgIpc) is 2.70. The Bertz CT molecular complexity index is 1060. The molecule has 6 heteroatoms. The fourth-order valence-electron chi connectivity index (χ4n) is 3.51. The van der Waals surface area contributed by atoms with Gasteiger partial charge in [-0.05, 0) is 41.5 Å². The molecule has 3 aromatic carbocycles. The molecule has 0 heterocycles. The van der Waals surface area contributed by atoms with Crippen molar-refractivity contribution in [2.24, 2.45) is 0 Å². The summed E-state index contributed by atoms with van der Waals surface area (Å²) in [7, 11) is 0. The van der Waals surface area contributed by atoms with Gasteiger partial charge in [0.2, 0.25) is 5.91 Å². The Hall–Kier alpha value is -3.54. The molecule has 0 fully saturated rings. The molecule has 6 nitrogen and oxygen atoms in total. The fourth-order valence-corrected chi connectivity index (χ4v) is 3.51. The molecule has 3 aromatic rings. The summed E-state index contributed by atoms with van der Waals surface area (Å²) in [5, 5.41) is 33.0. The van der Waals surface area contributed by atoms with Crippen LogP contribution in [0.3, 0.4) is 0 Å². The van der Waals surface area contributed by atoms with Gasteiger partial charge in [-0.2, -0.15) is 0 Å². The van der Waals surface area contributed by atoms with Gasteiger partial charge in [-0.25, -0.2) is 4.79 Å². The summed E-state index contributed by atoms with van der Waals surface area (Å²) < 4.78 is 0. The van der Waals surface area contributed by atoms with E-state index < -0.39 is 5.97 Å². The molecular weight excluding hydrogens is 370 g/mol. The lowest BCUT2D eigenvalue weighted by Gasteiger charge is -2.18. The van der Waals surface area contributed by atoms with Crippen molar-refractivity contribution in [2.75, 3.05) is 5.32 Å². The third-order valence-electron chi connectivity index (χ3n) is 4.97. The first-order valence-corrected chi connectivity index (χ1v) is 9.47. The first kappa shape index (κ1) is 20.2. The van der Waals surface area contributed by atoms with Gasteiger partial charge in [-0.15, -0.1) is 0 Å². The number of phenolic OH excluding ortho intramolecular Hbond substituents is 2. The van der Waals surface area contributed by atoms with Gasteiger partial charge in [0.05, 0.1) is 11.3 Å². The number of aromatic carboxylic acids is 1. The number of carbonyl (C=O) groups is 2. The number of carboxylic acids is 1. The molecule has 1 unspecified atom stereocenters. The minimum Gasteiger partial charge on any atom is -0.504 e. The van der Waals surface area contributed by atoms with Crippen molar-refractivity contribution in [3.8, 4) is 11.5 Å². The van der Waals surface area contributed by atoms with Gasteiger partial charge >= 0.3 is 5.97 Å². The van der Waals surface area contributed by atoms with E-state index in [-0.39, 0.29) is 41.0 Å². The van der Waals surface area contributed by atoms with E-state index in [9.17, 15) is 24.9 Å². The lowest BCUT2D eigenvalue weighted by atomic mass is 9.89. The highest BCUT2D eigenvalue weighted by molar-refractivity contribution is 6.00. The van der Waals surface area contributed by atoms with Crippen LogP contribution in [0.4, 0.5) is 5.69 Å². The molecule has 4 N–H and O–H groups in total. The molecule has 0 spiro atoms. The van der Waals surface area contributed by atoms with E-state index in [4.69, 9.17) is 0 Å². The van der Waals surface area contributed by atoms with Gasteiger partial charge in [0.25, 0.3) is 0 Å². The third-order valence-corrected chi connectivity index (χ3v) is 4.97. The number of nitrogens with one attached hydrogen (secondary N) is 1. The maximum Gasteiger partial charge on any atom is 0.337 e. The van der Waals surface area contributed by atoms with Crippen LogP contribution in [0.2, 0.25) is 0 Å². The van der Waals surface area contributed by atoms with Gasteiger partial charge in [-0.3, -0.25) is 4.79 Å². The van der Waals surface area contributed by atoms with E-state index in [1.165, 1.54) is 12.1 Å². The second kappa shape index (κ2) is 8.65. The average molecular weight is 393 g/mol. The minimum absolute atomic E-state index is 0.0499. The van der Waals surface area contributed by atoms with Crippen molar-refractivity contribution in [2.45, 2.75) is 32.1 Å². The van der Waals surface area contributed by atoms with Crippen LogP contribution in [0.5, 0.6) is 11.5 Å². The smallest absolute Gasteiger partial charge is 0.337 e. The maximum absolute atomic E-state index is 12.6. The van der Waals surface area contributed by atoms with Crippen molar-refractivity contribution in [3.63, 3.8) is 0 Å². The number of para-hydroxylation sites is 1. The summed E-state index contributed by atoms with van der Waals surface area (Å²) in [6.07, 6.45) is 1.86. The summed E-state index contributed by atoms with van der Waals surface area (Å²) >= 11 is 0. The van der Waals surface area contributed by atoms with Crippen molar-refractivity contribution >= 4 is 28.3 Å². The molecule has 0 aromatic heterocycles. The highest BCUT2D eigenvalue weighted by Gasteiger charge is 2.18. The number of aromatic hydroxyl groups is 2. The molecule has 1 atom stereocenters. The molecule has 0 saturated carbocycles. The van der Waals surface area contributed by atoms with Crippen molar-refractivity contribution in [1.82, 2.24) is 0 Å². The number of carbonyl (C=O) groups excluding carboxylic acids is 1. The van der Waals surface area contributed by atoms with Crippen molar-refractivity contribution < 1.29 is 24.9 Å². The largest absolute Gasteiger partial charge is 0.504 e. The maximum atomic E-state index is 12.6. The Morgan fingerprint density at radius 3 is 2.52 bits per heavy atom. The summed E-state index contributed by atoms with van der Waals surface area (Å²) in [4.78, 5) is 24.0. The van der Waals surface area contributed by atoms with Crippen LogP contribution in [-0.4, -0.2) is 27.2 Å². The SMILES string of the molecule is CCCC(CC(=O)Nc1ccccc1C(=O)O)c1ccc2c(O)c(O)ccc2c1. The first-order chi connectivity index (χ1) is 13.9. The second-order valence-electron chi connectivity index (χ2n) is 7.00. The number of benzene rings is 3. The second-order valence-corrected chi connectivity index (χ2v) is 7.00. The summed E-state index contributed by atoms with van der Waals surface area (Å²) in [5.74, 6) is -1.75. The highest BCUT2D eigenvalue weighted by Crippen LogP contribution is 2.36. The van der Waals surface area contributed by atoms with Gasteiger partial charge in [0.1, 0.15) is 0 Å². The van der Waals surface area contributed by atoms with Crippen LogP contribution >= 0.6 is 0 Å². The van der Waals surface area contributed by atoms with E-state index in [0.29, 0.717) is 5.39 Å². The lowest BCUT2D eigenvalue weighted by Crippen LogP contribution is -2.17. The number of phenols is 2. The molecule has 0 bridgehead atoms. The number of carboxylic acid groups (broad SMARTS) is 1. The van der Waals surface area contributed by atoms with Crippen molar-refractivity contribution in [1.29, 1.82) is 0 Å². The van der Waals surface area contributed by atoms with E-state index >= 15 is 0 Å². The minimum atomic E-state index is -1.09. The Balaban J connectivity index is 1.83. The molecule has 0 saturated heterocycles. The van der Waals surface area contributed by atoms with Gasteiger partial charge in [-0.1, -0.05) is 49.7 Å². The first-order valence-electron chi connectivity index (χ1n) is 9.47. The summed E-state index contributed by atoms with van der Waals surface area (Å²) in [6, 6.07) is 15.0. The van der Waals surface area contributed by atoms with Crippen LogP contribution in [0.25, 0.3) is 10.8 Å². The fraction of sp³-hybridized carbons (Fsp3) is 0.217. The topological polar surface area (TPSA) is 107 Å². The van der Waals surface area contributed by atoms with Crippen LogP contribution in [0, 0.1) is 0 Å². The number of fused-ring (bicyclic) bond motifs is 1. The molecule has 29 heavy (non-hydrogen) atoms. The standard InChI is InChI=1S/C23H23NO5/c1-2-5-14(13-21(26)24-19-7-4-3-6-18(19)23(28)29)15-8-10-17-16(12-15)9-11-20(25)22(17)27/h3-4,6-12,14,25,27H,2,5,13H2,1H3,(H,24,26)(H,28,29). The molecule has 0 radical (unpaired) electrons. The zero-order valence-electron chi connectivity index (χ0n) is 16.1. The molecule has 0 aliphatic carbocycles. The van der Waals surface area contributed by atoms with Crippen LogP contribution in [-0.2, 0) is 4.79 Å². The van der Waals surface area contributed by atoms with Gasteiger partial charge in [0.15, 0.2) is 11.5 Å². The van der Waals surface area contributed by atoms with Gasteiger partial charge < -0.3 is 20.6 Å². The number of rotatable bonds is 7. The summed E-state index contributed by atoms with van der Waals surface area (Å²) in [5.41, 5.74) is 1.28. The predicted molar refractivity (Wildman–Crippen MR) is 112 cm³/mol. The predicted octanol–water partition coefficient (Wildman–Crippen LogP) is 4.86. The molecule has 0 aliphatic heterocycles. The van der Waals surface area contributed by atoms with Crippen LogP contribution < -0.4 is 5.32 Å². The Morgan fingerprint density at radius 2 is 1.79 bits per heavy atom. The zero-order valence-corrected chi connectivity index (χ0v) is 16.1. The number of amides is 1. The Kier molecular flexibility index (Phi) is 6.02. The van der Waals surface area contributed by atoms with E-state index in [2.05, 4.69) is 5.32 Å². The highest BCUT2D eigenvalue weighted by atomic mass is 16.4. The normalized spacial score (nSPS) is 11.9. The lowest BCUT2D eigenvalue weighted by molar-refractivity contribution is -0.116. The number of anilines is 1. The molecule has 0 aliphatic rings. The Morgan fingerprint density at radius 1 is 1.03 bits per heavy atom. The monoisotopic (exact) mass is 393 g/mol. The number of hydrogen-bond acceptors (Lipinski definition) is 4. The van der Waals surface area contributed by atoms with E-state index in [1.807, 2.05) is 19.1 Å².